The van der Waals surface area contributed by atoms with Gasteiger partial charge in [-0.3, -0.25) is 13.9 Å². The molecule has 0 spiro atoms. The number of ether oxygens (including phenoxy) is 2. The summed E-state index contributed by atoms with van der Waals surface area (Å²) < 4.78 is 39.8. The van der Waals surface area contributed by atoms with Crippen molar-refractivity contribution in [3.05, 3.63) is 83.4 Å². The topological polar surface area (TPSA) is 105 Å². The third kappa shape index (κ3) is 7.79. The second-order valence-electron chi connectivity index (χ2n) is 10.2. The minimum Gasteiger partial charge on any atom is -0.493 e. The molecule has 3 rings (SSSR count). The van der Waals surface area contributed by atoms with Gasteiger partial charge >= 0.3 is 0 Å². The van der Waals surface area contributed by atoms with Gasteiger partial charge in [0.25, 0.3) is 10.0 Å². The van der Waals surface area contributed by atoms with Gasteiger partial charge in [-0.2, -0.15) is 0 Å². The number of rotatable bonds is 12. The lowest BCUT2D eigenvalue weighted by atomic mass is 10.1. The number of nitrogens with zero attached hydrogens (tertiary/aromatic N) is 2. The van der Waals surface area contributed by atoms with Crippen LogP contribution in [-0.4, -0.2) is 58.0 Å². The normalized spacial score (nSPS) is 12.0. The molecule has 10 heteroatoms. The molecule has 0 unspecified atom stereocenters. The summed E-state index contributed by atoms with van der Waals surface area (Å²) in [5.41, 5.74) is 2.93. The largest absolute Gasteiger partial charge is 0.493 e. The van der Waals surface area contributed by atoms with Crippen LogP contribution in [0, 0.1) is 13.8 Å². The highest BCUT2D eigenvalue weighted by Gasteiger charge is 2.33. The molecule has 0 aromatic heterocycles. The number of carbonyl (C=O) groups excluding carboxylic acids is 2. The number of benzene rings is 3. The third-order valence-corrected chi connectivity index (χ3v) is 8.36. The van der Waals surface area contributed by atoms with E-state index < -0.39 is 28.5 Å². The van der Waals surface area contributed by atoms with Crippen molar-refractivity contribution in [2.75, 3.05) is 25.1 Å². The van der Waals surface area contributed by atoms with Crippen LogP contribution in [0.1, 0.15) is 37.5 Å². The van der Waals surface area contributed by atoms with E-state index in [0.717, 1.165) is 21.0 Å². The Kier molecular flexibility index (Phi) is 10.4. The highest BCUT2D eigenvalue weighted by molar-refractivity contribution is 7.92. The van der Waals surface area contributed by atoms with Crippen LogP contribution in [0.25, 0.3) is 0 Å². The second kappa shape index (κ2) is 13.5. The monoisotopic (exact) mass is 581 g/mol. The Balaban J connectivity index is 2.09. The van der Waals surface area contributed by atoms with Crippen LogP contribution >= 0.6 is 0 Å². The highest BCUT2D eigenvalue weighted by atomic mass is 32.2. The molecular weight excluding hydrogens is 542 g/mol. The summed E-state index contributed by atoms with van der Waals surface area (Å²) in [6, 6.07) is 17.7. The SMILES string of the molecule is COc1ccc(N(CC(=O)N(Cc2cccc(C)c2)[C@H](C)C(=O)NC(C)C)S(=O)(=O)c2ccc(C)cc2)cc1OC. The Labute approximate surface area is 243 Å². The molecule has 0 heterocycles. The number of amides is 2. The zero-order valence-electron chi connectivity index (χ0n) is 24.7. The van der Waals surface area contributed by atoms with Gasteiger partial charge in [0.15, 0.2) is 11.5 Å². The Morgan fingerprint density at radius 1 is 0.854 bits per heavy atom. The van der Waals surface area contributed by atoms with Gasteiger partial charge in [0.1, 0.15) is 12.6 Å². The summed E-state index contributed by atoms with van der Waals surface area (Å²) in [7, 11) is -1.27. The molecule has 1 N–H and O–H groups in total. The number of carbonyl (C=O) groups is 2. The number of sulfonamides is 1. The first kappa shape index (κ1) is 31.5. The Morgan fingerprint density at radius 2 is 1.51 bits per heavy atom. The quantitative estimate of drug-likeness (QED) is 0.339. The molecule has 0 radical (unpaired) electrons. The van der Waals surface area contributed by atoms with E-state index in [9.17, 15) is 18.0 Å². The van der Waals surface area contributed by atoms with Crippen molar-refractivity contribution < 1.29 is 27.5 Å². The average molecular weight is 582 g/mol. The van der Waals surface area contributed by atoms with Crippen molar-refractivity contribution in [2.24, 2.45) is 0 Å². The van der Waals surface area contributed by atoms with Crippen LogP contribution in [0.3, 0.4) is 0 Å². The number of hydrogen-bond acceptors (Lipinski definition) is 6. The number of aryl methyl sites for hydroxylation is 2. The van der Waals surface area contributed by atoms with Gasteiger partial charge in [-0.15, -0.1) is 0 Å². The van der Waals surface area contributed by atoms with Gasteiger partial charge in [-0.25, -0.2) is 8.42 Å². The van der Waals surface area contributed by atoms with Crippen LogP contribution in [0.15, 0.2) is 71.6 Å². The number of nitrogens with one attached hydrogen (secondary N) is 1. The maximum absolute atomic E-state index is 14.0. The van der Waals surface area contributed by atoms with E-state index in [1.165, 1.54) is 37.3 Å². The van der Waals surface area contributed by atoms with Gasteiger partial charge in [0.05, 0.1) is 24.8 Å². The third-order valence-electron chi connectivity index (χ3n) is 6.58. The zero-order chi connectivity index (χ0) is 30.3. The maximum atomic E-state index is 14.0. The number of anilines is 1. The van der Waals surface area contributed by atoms with Gasteiger partial charge < -0.3 is 19.7 Å². The first-order valence-corrected chi connectivity index (χ1v) is 14.8. The summed E-state index contributed by atoms with van der Waals surface area (Å²) in [5.74, 6) is -0.151. The number of methoxy groups -OCH3 is 2. The fourth-order valence-electron chi connectivity index (χ4n) is 4.34. The standard InChI is InChI=1S/C31H39N3O6S/c1-21(2)32-31(36)24(5)33(19-25-10-8-9-23(4)17-25)30(35)20-34(26-13-16-28(39-6)29(18-26)40-7)41(37,38)27-14-11-22(3)12-15-27/h8-18,21,24H,19-20H2,1-7H3,(H,32,36)/t24-/m1/s1. The fraction of sp³-hybridized carbons (Fsp3) is 0.355. The molecule has 2 amide bonds. The van der Waals surface area contributed by atoms with Crippen molar-refractivity contribution in [1.82, 2.24) is 10.2 Å². The van der Waals surface area contributed by atoms with E-state index in [1.807, 2.05) is 52.0 Å². The van der Waals surface area contributed by atoms with Crippen molar-refractivity contribution in [3.8, 4) is 11.5 Å². The van der Waals surface area contributed by atoms with Crippen LogP contribution in [-0.2, 0) is 26.2 Å². The second-order valence-corrected chi connectivity index (χ2v) is 12.1. The first-order chi connectivity index (χ1) is 19.4. The van der Waals surface area contributed by atoms with Gasteiger partial charge in [-0.1, -0.05) is 47.5 Å². The predicted octanol–water partition coefficient (Wildman–Crippen LogP) is 4.46. The summed E-state index contributed by atoms with van der Waals surface area (Å²) in [4.78, 5) is 28.5. The molecule has 9 nitrogen and oxygen atoms in total. The van der Waals surface area contributed by atoms with E-state index in [-0.39, 0.29) is 29.1 Å². The molecule has 220 valence electrons. The van der Waals surface area contributed by atoms with Crippen LogP contribution in [0.2, 0.25) is 0 Å². The minimum absolute atomic E-state index is 0.0292. The molecule has 0 bridgehead atoms. The molecular formula is C31H39N3O6S. The van der Waals surface area contributed by atoms with Crippen molar-refractivity contribution >= 4 is 27.5 Å². The molecule has 0 saturated carbocycles. The molecule has 3 aromatic carbocycles. The molecule has 41 heavy (non-hydrogen) atoms. The molecule has 0 fully saturated rings. The highest BCUT2D eigenvalue weighted by Crippen LogP contribution is 2.34. The van der Waals surface area contributed by atoms with Crippen LogP contribution < -0.4 is 19.1 Å². The predicted molar refractivity (Wildman–Crippen MR) is 160 cm³/mol. The van der Waals surface area contributed by atoms with E-state index in [1.54, 1.807) is 31.2 Å². The average Bonchev–Trinajstić information content (AvgIpc) is 2.93. The summed E-state index contributed by atoms with van der Waals surface area (Å²) in [6.45, 7) is 8.69. The Bertz CT molecular complexity index is 1470. The summed E-state index contributed by atoms with van der Waals surface area (Å²) in [6.07, 6.45) is 0. The van der Waals surface area contributed by atoms with Crippen LogP contribution in [0.4, 0.5) is 5.69 Å². The van der Waals surface area contributed by atoms with E-state index in [2.05, 4.69) is 5.32 Å². The molecule has 0 aliphatic rings. The lowest BCUT2D eigenvalue weighted by Gasteiger charge is -2.32. The van der Waals surface area contributed by atoms with Crippen molar-refractivity contribution in [1.29, 1.82) is 0 Å². The van der Waals surface area contributed by atoms with Crippen LogP contribution in [0.5, 0.6) is 11.5 Å². The fourth-order valence-corrected chi connectivity index (χ4v) is 5.75. The molecule has 1 atom stereocenters. The van der Waals surface area contributed by atoms with E-state index in [4.69, 9.17) is 9.47 Å². The van der Waals surface area contributed by atoms with E-state index in [0.29, 0.717) is 11.5 Å². The smallest absolute Gasteiger partial charge is 0.264 e. The minimum atomic E-state index is -4.20. The number of hydrogen-bond donors (Lipinski definition) is 1. The molecule has 0 aliphatic carbocycles. The van der Waals surface area contributed by atoms with Gasteiger partial charge in [0.2, 0.25) is 11.8 Å². The van der Waals surface area contributed by atoms with Gasteiger partial charge in [-0.05, 0) is 64.4 Å². The lowest BCUT2D eigenvalue weighted by Crippen LogP contribution is -2.52. The van der Waals surface area contributed by atoms with E-state index >= 15 is 0 Å². The zero-order valence-corrected chi connectivity index (χ0v) is 25.5. The van der Waals surface area contributed by atoms with Crippen molar-refractivity contribution in [2.45, 2.75) is 58.1 Å². The van der Waals surface area contributed by atoms with Gasteiger partial charge in [0, 0.05) is 18.7 Å². The Hall–Kier alpha value is -4.05. The molecule has 0 saturated heterocycles. The first-order valence-electron chi connectivity index (χ1n) is 13.3. The molecule has 0 aliphatic heterocycles. The van der Waals surface area contributed by atoms with Crippen molar-refractivity contribution in [3.63, 3.8) is 0 Å². The molecule has 3 aromatic rings. The lowest BCUT2D eigenvalue weighted by molar-refractivity contribution is -0.139. The maximum Gasteiger partial charge on any atom is 0.264 e. The summed E-state index contributed by atoms with van der Waals surface area (Å²) >= 11 is 0. The Morgan fingerprint density at radius 3 is 2.10 bits per heavy atom. The summed E-state index contributed by atoms with van der Waals surface area (Å²) in [5, 5.41) is 2.85.